The van der Waals surface area contributed by atoms with Crippen molar-refractivity contribution in [1.29, 1.82) is 0 Å². The Morgan fingerprint density at radius 1 is 0.903 bits per heavy atom. The molecular formula is C24H20F3N3O. The van der Waals surface area contributed by atoms with Crippen LogP contribution in [0.5, 0.6) is 0 Å². The van der Waals surface area contributed by atoms with Crippen molar-refractivity contribution in [2.45, 2.75) is 33.4 Å². The Balaban J connectivity index is 1.82. The highest BCUT2D eigenvalue weighted by Gasteiger charge is 2.34. The van der Waals surface area contributed by atoms with E-state index in [9.17, 15) is 18.0 Å². The quantitative estimate of drug-likeness (QED) is 0.537. The fourth-order valence-corrected chi connectivity index (χ4v) is 3.77. The first kappa shape index (κ1) is 20.8. The van der Waals surface area contributed by atoms with Crippen LogP contribution in [0.25, 0.3) is 11.1 Å². The lowest BCUT2D eigenvalue weighted by Gasteiger charge is -2.13. The molecule has 1 amide bonds. The summed E-state index contributed by atoms with van der Waals surface area (Å²) in [6.07, 6.45) is -4.53. The van der Waals surface area contributed by atoms with Crippen LogP contribution >= 0.6 is 0 Å². The number of nitrogens with one attached hydrogen (secondary N) is 1. The monoisotopic (exact) mass is 423 g/mol. The first-order chi connectivity index (χ1) is 14.6. The number of anilines is 1. The van der Waals surface area contributed by atoms with E-state index in [1.165, 1.54) is 13.0 Å². The van der Waals surface area contributed by atoms with E-state index in [-0.39, 0.29) is 29.3 Å². The van der Waals surface area contributed by atoms with Crippen LogP contribution < -0.4 is 5.32 Å². The molecule has 0 fully saturated rings. The van der Waals surface area contributed by atoms with E-state index in [2.05, 4.69) is 15.3 Å². The summed E-state index contributed by atoms with van der Waals surface area (Å²) in [4.78, 5) is 21.3. The highest BCUT2D eigenvalue weighted by atomic mass is 19.4. The average molecular weight is 423 g/mol. The predicted molar refractivity (Wildman–Crippen MR) is 115 cm³/mol. The van der Waals surface area contributed by atoms with E-state index >= 15 is 0 Å². The number of amides is 1. The minimum absolute atomic E-state index is 0.0348. The number of nitrogens with zero attached hydrogens (tertiary/aromatic N) is 2. The maximum atomic E-state index is 13.4. The summed E-state index contributed by atoms with van der Waals surface area (Å²) in [7, 11) is 0. The van der Waals surface area contributed by atoms with Crippen LogP contribution in [0.1, 0.15) is 34.5 Å². The second kappa shape index (κ2) is 7.65. The average Bonchev–Trinajstić information content (AvgIpc) is 2.83. The van der Waals surface area contributed by atoms with Gasteiger partial charge in [-0.25, -0.2) is 0 Å². The Hall–Kier alpha value is -3.48. The number of rotatable bonds is 2. The molecule has 3 aromatic rings. The van der Waals surface area contributed by atoms with Gasteiger partial charge in [0.05, 0.1) is 29.1 Å². The van der Waals surface area contributed by atoms with Gasteiger partial charge in [-0.15, -0.1) is 0 Å². The second-order valence-corrected chi connectivity index (χ2v) is 7.68. The summed E-state index contributed by atoms with van der Waals surface area (Å²) in [6, 6.07) is 13.7. The van der Waals surface area contributed by atoms with Gasteiger partial charge in [-0.2, -0.15) is 13.2 Å². The van der Waals surface area contributed by atoms with Gasteiger partial charge in [-0.05, 0) is 73.4 Å². The zero-order valence-electron chi connectivity index (χ0n) is 17.3. The molecule has 1 aromatic heterocycles. The van der Waals surface area contributed by atoms with Gasteiger partial charge in [0.25, 0.3) is 0 Å². The number of carbonyl (C=O) groups is 1. The summed E-state index contributed by atoms with van der Waals surface area (Å²) in [5, 5.41) is 2.67. The molecule has 2 heterocycles. The van der Waals surface area contributed by atoms with Crippen molar-refractivity contribution in [1.82, 2.24) is 4.98 Å². The van der Waals surface area contributed by atoms with Gasteiger partial charge >= 0.3 is 6.18 Å². The van der Waals surface area contributed by atoms with Crippen molar-refractivity contribution in [2.75, 3.05) is 5.32 Å². The summed E-state index contributed by atoms with van der Waals surface area (Å²) in [5.41, 5.74) is 4.41. The molecule has 0 radical (unpaired) electrons. The molecule has 158 valence electrons. The molecule has 0 aliphatic carbocycles. The lowest BCUT2D eigenvalue weighted by Crippen LogP contribution is -2.15. The van der Waals surface area contributed by atoms with E-state index in [1.807, 2.05) is 44.2 Å². The Labute approximate surface area is 177 Å². The number of aliphatic imine (C=N–C) groups is 1. The molecule has 1 aliphatic rings. The van der Waals surface area contributed by atoms with Crippen molar-refractivity contribution >= 4 is 23.0 Å². The minimum Gasteiger partial charge on any atom is -0.324 e. The molecule has 0 bridgehead atoms. The molecule has 2 aromatic carbocycles. The van der Waals surface area contributed by atoms with Crippen molar-refractivity contribution in [3.05, 3.63) is 76.6 Å². The normalized spacial score (nSPS) is 13.9. The van der Waals surface area contributed by atoms with Crippen molar-refractivity contribution in [3.63, 3.8) is 0 Å². The van der Waals surface area contributed by atoms with Gasteiger partial charge in [0.1, 0.15) is 0 Å². The summed E-state index contributed by atoms with van der Waals surface area (Å²) in [6.45, 7) is 5.20. The topological polar surface area (TPSA) is 54.4 Å². The van der Waals surface area contributed by atoms with E-state index in [0.29, 0.717) is 11.3 Å². The first-order valence-electron chi connectivity index (χ1n) is 9.75. The number of carbonyl (C=O) groups excluding carboxylic acids is 1. The Bertz CT molecular complexity index is 1210. The second-order valence-electron chi connectivity index (χ2n) is 7.68. The molecule has 0 atom stereocenters. The standard InChI is InChI=1S/C24H20F3N3O/c1-13-7-21-22(11-19(13)24(25,26)27)29-20(12-23(31)30-21)17-6-4-5-16(10-17)18-8-14(2)28-15(3)9-18/h4-11H,12H2,1-3H3,(H,30,31). The molecule has 0 saturated heterocycles. The molecule has 0 spiro atoms. The van der Waals surface area contributed by atoms with Crippen LogP contribution in [0.3, 0.4) is 0 Å². The van der Waals surface area contributed by atoms with Gasteiger partial charge in [0.2, 0.25) is 5.91 Å². The zero-order chi connectivity index (χ0) is 22.3. The van der Waals surface area contributed by atoms with Gasteiger partial charge in [-0.1, -0.05) is 18.2 Å². The smallest absolute Gasteiger partial charge is 0.324 e. The maximum absolute atomic E-state index is 13.4. The summed E-state index contributed by atoms with van der Waals surface area (Å²) in [5.74, 6) is -0.322. The number of hydrogen-bond acceptors (Lipinski definition) is 3. The van der Waals surface area contributed by atoms with Gasteiger partial charge in [0, 0.05) is 11.4 Å². The van der Waals surface area contributed by atoms with Crippen LogP contribution in [0.2, 0.25) is 0 Å². The number of benzene rings is 2. The van der Waals surface area contributed by atoms with Gasteiger partial charge in [-0.3, -0.25) is 14.8 Å². The molecule has 1 N–H and O–H groups in total. The Morgan fingerprint density at radius 2 is 1.58 bits per heavy atom. The van der Waals surface area contributed by atoms with Crippen LogP contribution in [0.15, 0.2) is 53.5 Å². The fourth-order valence-electron chi connectivity index (χ4n) is 3.77. The van der Waals surface area contributed by atoms with Gasteiger partial charge in [0.15, 0.2) is 0 Å². The summed E-state index contributed by atoms with van der Waals surface area (Å²) >= 11 is 0. The van der Waals surface area contributed by atoms with Crippen LogP contribution in [0.4, 0.5) is 24.5 Å². The van der Waals surface area contributed by atoms with Crippen LogP contribution in [-0.2, 0) is 11.0 Å². The zero-order valence-corrected chi connectivity index (χ0v) is 17.3. The van der Waals surface area contributed by atoms with Crippen LogP contribution in [-0.4, -0.2) is 16.6 Å². The maximum Gasteiger partial charge on any atom is 0.416 e. The van der Waals surface area contributed by atoms with Gasteiger partial charge < -0.3 is 5.32 Å². The highest BCUT2D eigenvalue weighted by Crippen LogP contribution is 2.39. The fraction of sp³-hybridized carbons (Fsp3) is 0.208. The van der Waals surface area contributed by atoms with E-state index in [4.69, 9.17) is 0 Å². The van der Waals surface area contributed by atoms with Crippen molar-refractivity contribution in [3.8, 4) is 11.1 Å². The number of alkyl halides is 3. The number of fused-ring (bicyclic) bond motifs is 1. The molecule has 4 rings (SSSR count). The first-order valence-corrected chi connectivity index (χ1v) is 9.75. The van der Waals surface area contributed by atoms with E-state index < -0.39 is 11.7 Å². The molecule has 1 aliphatic heterocycles. The van der Waals surface area contributed by atoms with Crippen LogP contribution in [0, 0.1) is 20.8 Å². The number of halogens is 3. The number of pyridine rings is 1. The summed E-state index contributed by atoms with van der Waals surface area (Å²) < 4.78 is 40.1. The largest absolute Gasteiger partial charge is 0.416 e. The van der Waals surface area contributed by atoms with Crippen molar-refractivity contribution < 1.29 is 18.0 Å². The lowest BCUT2D eigenvalue weighted by molar-refractivity contribution is -0.138. The number of hydrogen-bond donors (Lipinski definition) is 1. The minimum atomic E-state index is -4.50. The third kappa shape index (κ3) is 4.35. The van der Waals surface area contributed by atoms with E-state index in [0.717, 1.165) is 28.6 Å². The van der Waals surface area contributed by atoms with E-state index in [1.54, 1.807) is 6.07 Å². The molecule has 4 nitrogen and oxygen atoms in total. The molecule has 0 unspecified atom stereocenters. The number of aryl methyl sites for hydroxylation is 3. The molecule has 7 heteroatoms. The molecule has 0 saturated carbocycles. The third-order valence-corrected chi connectivity index (χ3v) is 5.12. The molecule has 31 heavy (non-hydrogen) atoms. The molecular weight excluding hydrogens is 403 g/mol. The SMILES string of the molecule is Cc1cc(-c2cccc(C3=Nc4cc(C(F)(F)F)c(C)cc4NC(=O)C3)c2)cc(C)n1. The Kier molecular flexibility index (Phi) is 5.13. The Morgan fingerprint density at radius 3 is 2.26 bits per heavy atom. The lowest BCUT2D eigenvalue weighted by atomic mass is 9.99. The van der Waals surface area contributed by atoms with Crippen molar-refractivity contribution in [2.24, 2.45) is 4.99 Å². The third-order valence-electron chi connectivity index (χ3n) is 5.12. The number of aromatic nitrogens is 1. The predicted octanol–water partition coefficient (Wildman–Crippen LogP) is 6.16. The highest BCUT2D eigenvalue weighted by molar-refractivity contribution is 6.17.